The normalized spacial score (nSPS) is 10.9. The molecule has 0 aliphatic rings. The molecule has 100 valence electrons. The van der Waals surface area contributed by atoms with Crippen LogP contribution in [-0.2, 0) is 0 Å². The van der Waals surface area contributed by atoms with Crippen molar-refractivity contribution in [2.45, 2.75) is 6.92 Å². The van der Waals surface area contributed by atoms with Crippen LogP contribution in [0.25, 0.3) is 16.6 Å². The molecule has 0 aliphatic heterocycles. The first-order valence-corrected chi connectivity index (χ1v) is 6.80. The van der Waals surface area contributed by atoms with Gasteiger partial charge < -0.3 is 0 Å². The van der Waals surface area contributed by atoms with E-state index in [0.717, 1.165) is 5.69 Å². The number of aromatic nitrogens is 2. The van der Waals surface area contributed by atoms with E-state index in [1.165, 1.54) is 12.1 Å². The number of halogens is 2. The first-order chi connectivity index (χ1) is 9.58. The van der Waals surface area contributed by atoms with Gasteiger partial charge in [0, 0.05) is 5.39 Å². The smallest absolute Gasteiger partial charge is 0.124 e. The first-order valence-electron chi connectivity index (χ1n) is 6.02. The third-order valence-corrected chi connectivity index (χ3v) is 3.81. The second-order valence-corrected chi connectivity index (χ2v) is 5.21. The summed E-state index contributed by atoms with van der Waals surface area (Å²) in [4.78, 5) is 4.47. The Morgan fingerprint density at radius 3 is 2.70 bits per heavy atom. The topological polar surface area (TPSA) is 17.8 Å². The van der Waals surface area contributed by atoms with Crippen LogP contribution >= 0.6 is 23.8 Å². The van der Waals surface area contributed by atoms with Crippen molar-refractivity contribution in [1.82, 2.24) is 9.55 Å². The number of benzene rings is 2. The van der Waals surface area contributed by atoms with Crippen molar-refractivity contribution in [1.29, 1.82) is 0 Å². The third kappa shape index (κ3) is 2.11. The van der Waals surface area contributed by atoms with Crippen LogP contribution in [0.3, 0.4) is 0 Å². The largest absolute Gasteiger partial charge is 0.287 e. The average Bonchev–Trinajstić information content (AvgIpc) is 2.42. The summed E-state index contributed by atoms with van der Waals surface area (Å²) in [5.74, 6) is 0.377. The lowest BCUT2D eigenvalue weighted by molar-refractivity contribution is 0.629. The van der Waals surface area contributed by atoms with Gasteiger partial charge in [-0.15, -0.1) is 0 Å². The van der Waals surface area contributed by atoms with Crippen molar-refractivity contribution in [3.63, 3.8) is 0 Å². The molecule has 0 unspecified atom stereocenters. The van der Waals surface area contributed by atoms with Crippen molar-refractivity contribution in [3.8, 4) is 5.69 Å². The maximum Gasteiger partial charge on any atom is 0.124 e. The molecule has 0 N–H and O–H groups in total. The summed E-state index contributed by atoms with van der Waals surface area (Å²) in [7, 11) is 0. The van der Waals surface area contributed by atoms with Gasteiger partial charge >= 0.3 is 0 Å². The fourth-order valence-electron chi connectivity index (χ4n) is 2.19. The average molecular weight is 305 g/mol. The number of hydrogen-bond donors (Lipinski definition) is 0. The van der Waals surface area contributed by atoms with E-state index in [-0.39, 0.29) is 5.82 Å². The van der Waals surface area contributed by atoms with Crippen molar-refractivity contribution in [2.24, 2.45) is 0 Å². The van der Waals surface area contributed by atoms with E-state index in [1.54, 1.807) is 16.7 Å². The number of para-hydroxylation sites is 1. The Balaban J connectivity index is 2.43. The number of rotatable bonds is 1. The van der Waals surface area contributed by atoms with Gasteiger partial charge in [0.1, 0.15) is 16.3 Å². The van der Waals surface area contributed by atoms with E-state index in [4.69, 9.17) is 23.8 Å². The Kier molecular flexibility index (Phi) is 3.28. The van der Waals surface area contributed by atoms with Crippen molar-refractivity contribution < 1.29 is 4.39 Å². The lowest BCUT2D eigenvalue weighted by Crippen LogP contribution is -2.06. The van der Waals surface area contributed by atoms with Crippen molar-refractivity contribution >= 4 is 34.7 Å². The summed E-state index contributed by atoms with van der Waals surface area (Å²) in [6.45, 7) is 1.85. The van der Waals surface area contributed by atoms with Gasteiger partial charge in [0.25, 0.3) is 0 Å². The van der Waals surface area contributed by atoms with Gasteiger partial charge in [-0.2, -0.15) is 0 Å². The van der Waals surface area contributed by atoms with Gasteiger partial charge in [-0.1, -0.05) is 36.0 Å². The molecule has 0 bridgehead atoms. The molecular weight excluding hydrogens is 295 g/mol. The van der Waals surface area contributed by atoms with E-state index < -0.39 is 0 Å². The summed E-state index contributed by atoms with van der Waals surface area (Å²) in [5.41, 5.74) is 1.42. The summed E-state index contributed by atoms with van der Waals surface area (Å²) in [6, 6.07) is 11.8. The number of fused-ring (bicyclic) bond motifs is 1. The molecule has 2 aromatic carbocycles. The van der Waals surface area contributed by atoms with Crippen LogP contribution in [0.2, 0.25) is 5.02 Å². The van der Waals surface area contributed by atoms with Gasteiger partial charge in [0.15, 0.2) is 0 Å². The summed E-state index contributed by atoms with van der Waals surface area (Å²) in [6.07, 6.45) is 0. The fraction of sp³-hybridized carbons (Fsp3) is 0.0667. The molecule has 0 saturated carbocycles. The highest BCUT2D eigenvalue weighted by atomic mass is 35.5. The molecule has 0 spiro atoms. The predicted molar refractivity (Wildman–Crippen MR) is 81.6 cm³/mol. The first kappa shape index (κ1) is 13.2. The van der Waals surface area contributed by atoms with Gasteiger partial charge in [-0.05, 0) is 37.3 Å². The Morgan fingerprint density at radius 2 is 1.95 bits per heavy atom. The maximum absolute atomic E-state index is 13.4. The van der Waals surface area contributed by atoms with Gasteiger partial charge in [0.2, 0.25) is 0 Å². The lowest BCUT2D eigenvalue weighted by atomic mass is 10.2. The van der Waals surface area contributed by atoms with Crippen LogP contribution < -0.4 is 0 Å². The van der Waals surface area contributed by atoms with E-state index in [0.29, 0.717) is 26.4 Å². The van der Waals surface area contributed by atoms with Crippen molar-refractivity contribution in [3.05, 3.63) is 63.8 Å². The number of nitrogens with zero attached hydrogens (tertiary/aromatic N) is 2. The molecule has 5 heteroatoms. The Bertz CT molecular complexity index is 873. The molecule has 0 fully saturated rings. The lowest BCUT2D eigenvalue weighted by Gasteiger charge is -2.13. The van der Waals surface area contributed by atoms with Gasteiger partial charge in [-0.3, -0.25) is 4.57 Å². The number of hydrogen-bond acceptors (Lipinski definition) is 2. The monoisotopic (exact) mass is 304 g/mol. The molecule has 0 saturated heterocycles. The SMILES string of the molecule is Cc1nc2ccc(F)cc2c(=S)n1-c1ccccc1Cl. The maximum atomic E-state index is 13.4. The second-order valence-electron chi connectivity index (χ2n) is 4.41. The standard InChI is InChI=1S/C15H10ClFN2S/c1-9-18-13-7-6-10(17)8-11(13)15(20)19(9)14-5-3-2-4-12(14)16/h2-8H,1H3. The minimum absolute atomic E-state index is 0.333. The number of aryl methyl sites for hydroxylation is 1. The summed E-state index contributed by atoms with van der Waals surface area (Å²) >= 11 is 11.7. The highest BCUT2D eigenvalue weighted by molar-refractivity contribution is 7.71. The highest BCUT2D eigenvalue weighted by Crippen LogP contribution is 2.24. The zero-order valence-electron chi connectivity index (χ0n) is 10.6. The van der Waals surface area contributed by atoms with Crippen LogP contribution in [0.5, 0.6) is 0 Å². The summed E-state index contributed by atoms with van der Waals surface area (Å²) in [5, 5.41) is 1.18. The minimum atomic E-state index is -0.333. The van der Waals surface area contributed by atoms with Crippen molar-refractivity contribution in [2.75, 3.05) is 0 Å². The van der Waals surface area contributed by atoms with Crippen LogP contribution in [0.1, 0.15) is 5.82 Å². The second kappa shape index (κ2) is 4.96. The van der Waals surface area contributed by atoms with Crippen LogP contribution in [0.4, 0.5) is 4.39 Å². The molecule has 3 aromatic rings. The Morgan fingerprint density at radius 1 is 1.20 bits per heavy atom. The fourth-order valence-corrected chi connectivity index (χ4v) is 2.80. The molecule has 1 heterocycles. The molecular formula is C15H10ClFN2S. The Labute approximate surface area is 125 Å². The van der Waals surface area contributed by atoms with E-state index in [9.17, 15) is 4.39 Å². The quantitative estimate of drug-likeness (QED) is 0.598. The van der Waals surface area contributed by atoms with Gasteiger partial charge in [0.05, 0.1) is 16.2 Å². The van der Waals surface area contributed by atoms with Crippen LogP contribution in [0, 0.1) is 17.4 Å². The molecule has 2 nitrogen and oxygen atoms in total. The van der Waals surface area contributed by atoms with E-state index in [1.807, 2.05) is 25.1 Å². The molecule has 3 rings (SSSR count). The molecule has 20 heavy (non-hydrogen) atoms. The van der Waals surface area contributed by atoms with Crippen LogP contribution in [0.15, 0.2) is 42.5 Å². The van der Waals surface area contributed by atoms with Crippen LogP contribution in [-0.4, -0.2) is 9.55 Å². The predicted octanol–water partition coefficient (Wildman–Crippen LogP) is 4.86. The molecule has 0 atom stereocenters. The molecule has 0 radical (unpaired) electrons. The zero-order chi connectivity index (χ0) is 14.3. The van der Waals surface area contributed by atoms with E-state index in [2.05, 4.69) is 4.98 Å². The minimum Gasteiger partial charge on any atom is -0.287 e. The van der Waals surface area contributed by atoms with E-state index >= 15 is 0 Å². The zero-order valence-corrected chi connectivity index (χ0v) is 12.2. The summed E-state index contributed by atoms with van der Waals surface area (Å²) < 4.78 is 15.7. The molecule has 0 amide bonds. The van der Waals surface area contributed by atoms with Gasteiger partial charge in [-0.25, -0.2) is 9.37 Å². The highest BCUT2D eigenvalue weighted by Gasteiger charge is 2.10. The molecule has 0 aliphatic carbocycles. The third-order valence-electron chi connectivity index (χ3n) is 3.09. The Hall–Kier alpha value is -1.78. The molecule has 1 aromatic heterocycles.